The summed E-state index contributed by atoms with van der Waals surface area (Å²) >= 11 is 0. The minimum absolute atomic E-state index is 0.707. The van der Waals surface area contributed by atoms with Gasteiger partial charge < -0.3 is 4.42 Å². The molecule has 5 aromatic carbocycles. The van der Waals surface area contributed by atoms with E-state index < -0.39 is 0 Å². The van der Waals surface area contributed by atoms with Gasteiger partial charge in [-0.15, -0.1) is 0 Å². The van der Waals surface area contributed by atoms with Gasteiger partial charge in [0.05, 0.1) is 16.7 Å². The highest BCUT2D eigenvalue weighted by atomic mass is 16.3. The van der Waals surface area contributed by atoms with Crippen molar-refractivity contribution in [1.29, 1.82) is 0 Å². The number of rotatable bonds is 3. The summed E-state index contributed by atoms with van der Waals surface area (Å²) in [4.78, 5) is 15.0. The fourth-order valence-electron chi connectivity index (χ4n) is 5.46. The van der Waals surface area contributed by atoms with E-state index in [4.69, 9.17) is 19.4 Å². The van der Waals surface area contributed by atoms with Crippen molar-refractivity contribution in [3.05, 3.63) is 127 Å². The van der Waals surface area contributed by atoms with Crippen molar-refractivity contribution in [3.8, 4) is 33.9 Å². The largest absolute Gasteiger partial charge is 0.454 e. The van der Waals surface area contributed by atoms with Gasteiger partial charge in [-0.3, -0.25) is 0 Å². The lowest BCUT2D eigenvalue weighted by atomic mass is 9.99. The smallest absolute Gasteiger partial charge is 0.162 e. The van der Waals surface area contributed by atoms with Crippen LogP contribution in [0.25, 0.3) is 77.6 Å². The van der Waals surface area contributed by atoms with E-state index >= 15 is 0 Å². The van der Waals surface area contributed by atoms with E-state index in [0.717, 1.165) is 71.8 Å². The quantitative estimate of drug-likeness (QED) is 0.243. The van der Waals surface area contributed by atoms with Crippen molar-refractivity contribution >= 4 is 43.7 Å². The molecule has 0 bridgehead atoms. The zero-order valence-electron chi connectivity index (χ0n) is 20.9. The van der Waals surface area contributed by atoms with E-state index in [1.807, 2.05) is 66.7 Å². The molecule has 8 rings (SSSR count). The summed E-state index contributed by atoms with van der Waals surface area (Å²) < 4.78 is 6.45. The zero-order valence-corrected chi connectivity index (χ0v) is 20.9. The summed E-state index contributed by atoms with van der Waals surface area (Å²) in [6, 6.07) is 43.2. The first-order valence-electron chi connectivity index (χ1n) is 13.0. The second-order valence-electron chi connectivity index (χ2n) is 9.64. The standard InChI is InChI=1S/C35H21N3O/c1-2-11-22(12-3-1)35-37-29-19-8-5-16-26(29)32(38-35)23-13-10-14-24(21-23)33-34-31(25-15-4-7-18-28(25)36-33)27-17-6-9-20-30(27)39-34/h1-21H. The maximum Gasteiger partial charge on any atom is 0.162 e. The third-order valence-corrected chi connectivity index (χ3v) is 7.26. The highest BCUT2D eigenvalue weighted by Crippen LogP contribution is 2.40. The second kappa shape index (κ2) is 8.61. The van der Waals surface area contributed by atoms with Crippen molar-refractivity contribution in [2.75, 3.05) is 0 Å². The number of benzene rings is 5. The summed E-state index contributed by atoms with van der Waals surface area (Å²) in [7, 11) is 0. The van der Waals surface area contributed by atoms with Gasteiger partial charge in [-0.05, 0) is 24.3 Å². The van der Waals surface area contributed by atoms with Crippen molar-refractivity contribution < 1.29 is 4.42 Å². The molecule has 8 aromatic rings. The molecule has 182 valence electrons. The number of fused-ring (bicyclic) bond motifs is 6. The number of aromatic nitrogens is 3. The van der Waals surface area contributed by atoms with Crippen LogP contribution >= 0.6 is 0 Å². The Morgan fingerprint density at radius 1 is 0.436 bits per heavy atom. The molecule has 0 aliphatic rings. The molecule has 0 atom stereocenters. The molecule has 0 spiro atoms. The van der Waals surface area contributed by atoms with E-state index in [-0.39, 0.29) is 0 Å². The Labute approximate surface area is 224 Å². The maximum absolute atomic E-state index is 6.45. The predicted octanol–water partition coefficient (Wildman–Crippen LogP) is 9.08. The molecule has 0 radical (unpaired) electrons. The third-order valence-electron chi connectivity index (χ3n) is 7.26. The molecule has 0 aliphatic carbocycles. The van der Waals surface area contributed by atoms with Crippen LogP contribution in [0.4, 0.5) is 0 Å². The number of nitrogens with zero attached hydrogens (tertiary/aromatic N) is 3. The second-order valence-corrected chi connectivity index (χ2v) is 9.64. The first-order valence-corrected chi connectivity index (χ1v) is 13.0. The van der Waals surface area contributed by atoms with Crippen LogP contribution in [0.1, 0.15) is 0 Å². The van der Waals surface area contributed by atoms with Gasteiger partial charge in [0.25, 0.3) is 0 Å². The molecular formula is C35H21N3O. The highest BCUT2D eigenvalue weighted by Gasteiger charge is 2.18. The molecule has 4 heteroatoms. The van der Waals surface area contributed by atoms with Crippen LogP contribution in [0.15, 0.2) is 132 Å². The minimum Gasteiger partial charge on any atom is -0.454 e. The average Bonchev–Trinajstić information content (AvgIpc) is 3.41. The van der Waals surface area contributed by atoms with Gasteiger partial charge in [-0.1, -0.05) is 103 Å². The van der Waals surface area contributed by atoms with Crippen molar-refractivity contribution in [1.82, 2.24) is 15.0 Å². The molecule has 0 N–H and O–H groups in total. The molecule has 0 unspecified atom stereocenters. The molecule has 3 aromatic heterocycles. The fraction of sp³-hybridized carbons (Fsp3) is 0. The fourth-order valence-corrected chi connectivity index (χ4v) is 5.46. The van der Waals surface area contributed by atoms with Gasteiger partial charge in [0, 0.05) is 38.2 Å². The minimum atomic E-state index is 0.707. The lowest BCUT2D eigenvalue weighted by molar-refractivity contribution is 0.669. The van der Waals surface area contributed by atoms with E-state index in [0.29, 0.717) is 5.82 Å². The Balaban J connectivity index is 1.39. The Bertz CT molecular complexity index is 2180. The van der Waals surface area contributed by atoms with Gasteiger partial charge in [0.1, 0.15) is 11.3 Å². The van der Waals surface area contributed by atoms with E-state index in [1.165, 1.54) is 0 Å². The molecule has 0 aliphatic heterocycles. The Morgan fingerprint density at radius 2 is 1.05 bits per heavy atom. The van der Waals surface area contributed by atoms with Crippen LogP contribution in [0.2, 0.25) is 0 Å². The van der Waals surface area contributed by atoms with Crippen LogP contribution in [0, 0.1) is 0 Å². The van der Waals surface area contributed by atoms with Crippen LogP contribution in [-0.4, -0.2) is 15.0 Å². The predicted molar refractivity (Wildman–Crippen MR) is 158 cm³/mol. The van der Waals surface area contributed by atoms with Crippen molar-refractivity contribution in [2.45, 2.75) is 0 Å². The van der Waals surface area contributed by atoms with Crippen molar-refractivity contribution in [2.24, 2.45) is 0 Å². The van der Waals surface area contributed by atoms with E-state index in [9.17, 15) is 0 Å². The maximum atomic E-state index is 6.45. The Morgan fingerprint density at radius 3 is 1.87 bits per heavy atom. The number of para-hydroxylation sites is 3. The van der Waals surface area contributed by atoms with Gasteiger partial charge in [0.2, 0.25) is 0 Å². The summed E-state index contributed by atoms with van der Waals surface area (Å²) in [6.45, 7) is 0. The zero-order chi connectivity index (χ0) is 25.8. The SMILES string of the molecule is c1ccc(-c2nc(-c3cccc(-c4nc5ccccc5c5c4oc4ccccc45)c3)c3ccccc3n2)cc1. The lowest BCUT2D eigenvalue weighted by Crippen LogP contribution is -1.95. The van der Waals surface area contributed by atoms with Gasteiger partial charge in [0.15, 0.2) is 11.4 Å². The number of pyridine rings is 1. The summed E-state index contributed by atoms with van der Waals surface area (Å²) in [5.41, 5.74) is 8.19. The first kappa shape index (κ1) is 21.7. The monoisotopic (exact) mass is 499 g/mol. The Hall–Kier alpha value is -5.35. The summed E-state index contributed by atoms with van der Waals surface area (Å²) in [5.74, 6) is 0.707. The summed E-state index contributed by atoms with van der Waals surface area (Å²) in [5, 5.41) is 4.29. The van der Waals surface area contributed by atoms with Crippen LogP contribution in [0.3, 0.4) is 0 Å². The Kier molecular flexibility index (Phi) is 4.79. The molecule has 3 heterocycles. The number of hydrogen-bond donors (Lipinski definition) is 0. The lowest BCUT2D eigenvalue weighted by Gasteiger charge is -2.11. The molecule has 0 saturated carbocycles. The molecule has 39 heavy (non-hydrogen) atoms. The van der Waals surface area contributed by atoms with E-state index in [1.54, 1.807) is 0 Å². The average molecular weight is 500 g/mol. The molecule has 0 amide bonds. The first-order chi connectivity index (χ1) is 19.3. The third kappa shape index (κ3) is 3.50. The highest BCUT2D eigenvalue weighted by molar-refractivity contribution is 6.20. The van der Waals surface area contributed by atoms with Crippen LogP contribution in [0.5, 0.6) is 0 Å². The number of furan rings is 1. The van der Waals surface area contributed by atoms with Gasteiger partial charge in [-0.25, -0.2) is 15.0 Å². The molecule has 4 nitrogen and oxygen atoms in total. The summed E-state index contributed by atoms with van der Waals surface area (Å²) in [6.07, 6.45) is 0. The molecular weight excluding hydrogens is 478 g/mol. The molecule has 0 saturated heterocycles. The number of hydrogen-bond acceptors (Lipinski definition) is 4. The van der Waals surface area contributed by atoms with Gasteiger partial charge >= 0.3 is 0 Å². The molecule has 0 fully saturated rings. The topological polar surface area (TPSA) is 51.8 Å². The van der Waals surface area contributed by atoms with Gasteiger partial charge in [-0.2, -0.15) is 0 Å². The van der Waals surface area contributed by atoms with Crippen molar-refractivity contribution in [3.63, 3.8) is 0 Å². The van der Waals surface area contributed by atoms with Crippen LogP contribution < -0.4 is 0 Å². The van der Waals surface area contributed by atoms with E-state index in [2.05, 4.69) is 60.7 Å². The van der Waals surface area contributed by atoms with Crippen LogP contribution in [-0.2, 0) is 0 Å². The normalized spacial score (nSPS) is 11.6.